The standard InChI is InChI=1S/C9H11BrFNO2/c1-12-4-8(14)5-2-6(10)9(11)7(13)3-5/h2-3,8,12-14H,4H2,1H3. The molecule has 1 unspecified atom stereocenters. The molecule has 0 amide bonds. The van der Waals surface area contributed by atoms with Crippen LogP contribution in [0.4, 0.5) is 4.39 Å². The molecule has 1 aromatic rings. The Bertz CT molecular complexity index is 310. The first kappa shape index (κ1) is 11.4. The van der Waals surface area contributed by atoms with E-state index in [0.717, 1.165) is 0 Å². The third kappa shape index (κ3) is 2.43. The van der Waals surface area contributed by atoms with Gasteiger partial charge in [-0.05, 0) is 40.7 Å². The Labute approximate surface area is 89.7 Å². The van der Waals surface area contributed by atoms with Crippen LogP contribution in [0.15, 0.2) is 16.6 Å². The number of aromatic hydroxyl groups is 1. The van der Waals surface area contributed by atoms with Crippen LogP contribution in [0.3, 0.4) is 0 Å². The van der Waals surface area contributed by atoms with E-state index in [-0.39, 0.29) is 4.47 Å². The molecular weight excluding hydrogens is 253 g/mol. The summed E-state index contributed by atoms with van der Waals surface area (Å²) in [6.07, 6.45) is -0.761. The quantitative estimate of drug-likeness (QED) is 0.776. The van der Waals surface area contributed by atoms with Gasteiger partial charge in [0, 0.05) is 6.54 Å². The Morgan fingerprint density at radius 3 is 2.71 bits per heavy atom. The Kier molecular flexibility index (Phi) is 3.86. The highest BCUT2D eigenvalue weighted by Crippen LogP contribution is 2.28. The molecule has 0 bridgehead atoms. The second kappa shape index (κ2) is 4.72. The number of phenols is 1. The summed E-state index contributed by atoms with van der Waals surface area (Å²) in [7, 11) is 1.70. The maximum Gasteiger partial charge on any atom is 0.178 e. The first-order valence-electron chi connectivity index (χ1n) is 4.06. The lowest BCUT2D eigenvalue weighted by Crippen LogP contribution is -2.16. The predicted molar refractivity (Wildman–Crippen MR) is 54.7 cm³/mol. The summed E-state index contributed by atoms with van der Waals surface area (Å²) in [4.78, 5) is 0. The van der Waals surface area contributed by atoms with Crippen LogP contribution in [0.5, 0.6) is 5.75 Å². The molecule has 0 heterocycles. The van der Waals surface area contributed by atoms with E-state index in [1.54, 1.807) is 7.05 Å². The van der Waals surface area contributed by atoms with Crippen molar-refractivity contribution in [3.63, 3.8) is 0 Å². The van der Waals surface area contributed by atoms with E-state index >= 15 is 0 Å². The summed E-state index contributed by atoms with van der Waals surface area (Å²) in [5.74, 6) is -1.19. The van der Waals surface area contributed by atoms with Crippen LogP contribution in [0, 0.1) is 5.82 Å². The van der Waals surface area contributed by atoms with E-state index < -0.39 is 17.7 Å². The van der Waals surface area contributed by atoms with Gasteiger partial charge in [0.1, 0.15) is 0 Å². The number of benzene rings is 1. The zero-order chi connectivity index (χ0) is 10.7. The molecule has 0 aliphatic carbocycles. The van der Waals surface area contributed by atoms with Gasteiger partial charge >= 0.3 is 0 Å². The van der Waals surface area contributed by atoms with Gasteiger partial charge in [-0.15, -0.1) is 0 Å². The van der Waals surface area contributed by atoms with Crippen LogP contribution in [0.1, 0.15) is 11.7 Å². The topological polar surface area (TPSA) is 52.5 Å². The molecule has 0 aromatic heterocycles. The number of hydrogen-bond donors (Lipinski definition) is 3. The monoisotopic (exact) mass is 263 g/mol. The highest BCUT2D eigenvalue weighted by atomic mass is 79.9. The number of halogens is 2. The minimum absolute atomic E-state index is 0.141. The zero-order valence-corrected chi connectivity index (χ0v) is 9.18. The van der Waals surface area contributed by atoms with Crippen molar-refractivity contribution in [2.45, 2.75) is 6.10 Å². The van der Waals surface area contributed by atoms with Crippen molar-refractivity contribution < 1.29 is 14.6 Å². The average molecular weight is 264 g/mol. The molecular formula is C9H11BrFNO2. The third-order valence-corrected chi connectivity index (χ3v) is 2.39. The molecule has 0 spiro atoms. The van der Waals surface area contributed by atoms with E-state index in [2.05, 4.69) is 21.2 Å². The molecule has 0 saturated carbocycles. The van der Waals surface area contributed by atoms with Gasteiger partial charge in [-0.2, -0.15) is 0 Å². The summed E-state index contributed by atoms with van der Waals surface area (Å²) in [6.45, 7) is 0.345. The van der Waals surface area contributed by atoms with E-state index in [1.807, 2.05) is 0 Å². The summed E-state index contributed by atoms with van der Waals surface area (Å²) in [6, 6.07) is 2.65. The van der Waals surface area contributed by atoms with E-state index in [4.69, 9.17) is 5.11 Å². The number of phenolic OH excluding ortho intramolecular Hbond substituents is 1. The maximum absolute atomic E-state index is 13.0. The minimum atomic E-state index is -0.761. The van der Waals surface area contributed by atoms with Crippen LogP contribution in [0.25, 0.3) is 0 Å². The van der Waals surface area contributed by atoms with Gasteiger partial charge in [0.15, 0.2) is 11.6 Å². The highest BCUT2D eigenvalue weighted by Gasteiger charge is 2.12. The van der Waals surface area contributed by atoms with Crippen molar-refractivity contribution in [2.75, 3.05) is 13.6 Å². The SMILES string of the molecule is CNCC(O)c1cc(O)c(F)c(Br)c1. The number of nitrogens with one attached hydrogen (secondary N) is 1. The summed E-state index contributed by atoms with van der Waals surface area (Å²) in [5, 5.41) is 21.5. The number of likely N-dealkylation sites (N-methyl/N-ethyl adjacent to an activating group) is 1. The first-order chi connectivity index (χ1) is 6.56. The van der Waals surface area contributed by atoms with Gasteiger partial charge in [0.05, 0.1) is 10.6 Å². The highest BCUT2D eigenvalue weighted by molar-refractivity contribution is 9.10. The third-order valence-electron chi connectivity index (χ3n) is 1.81. The first-order valence-corrected chi connectivity index (χ1v) is 4.86. The van der Waals surface area contributed by atoms with Gasteiger partial charge in [-0.3, -0.25) is 0 Å². The summed E-state index contributed by atoms with van der Waals surface area (Å²) < 4.78 is 13.1. The van der Waals surface area contributed by atoms with E-state index in [0.29, 0.717) is 12.1 Å². The molecule has 3 nitrogen and oxygen atoms in total. The van der Waals surface area contributed by atoms with Crippen LogP contribution >= 0.6 is 15.9 Å². The molecule has 0 fully saturated rings. The van der Waals surface area contributed by atoms with Crippen molar-refractivity contribution >= 4 is 15.9 Å². The average Bonchev–Trinajstić information content (AvgIpc) is 2.13. The zero-order valence-electron chi connectivity index (χ0n) is 7.59. The Morgan fingerprint density at radius 2 is 2.21 bits per heavy atom. The molecule has 78 valence electrons. The lowest BCUT2D eigenvalue weighted by atomic mass is 10.1. The number of hydrogen-bond acceptors (Lipinski definition) is 3. The molecule has 3 N–H and O–H groups in total. The van der Waals surface area contributed by atoms with Crippen LogP contribution in [0.2, 0.25) is 0 Å². The molecule has 1 rings (SSSR count). The van der Waals surface area contributed by atoms with Crippen molar-refractivity contribution in [3.05, 3.63) is 28.0 Å². The fourth-order valence-electron chi connectivity index (χ4n) is 1.10. The van der Waals surface area contributed by atoms with Gasteiger partial charge in [0.25, 0.3) is 0 Å². The van der Waals surface area contributed by atoms with Gasteiger partial charge in [-0.25, -0.2) is 4.39 Å². The molecule has 5 heteroatoms. The fourth-order valence-corrected chi connectivity index (χ4v) is 1.57. The lowest BCUT2D eigenvalue weighted by Gasteiger charge is -2.11. The van der Waals surface area contributed by atoms with Crippen molar-refractivity contribution in [1.29, 1.82) is 0 Å². The maximum atomic E-state index is 13.0. The second-order valence-electron chi connectivity index (χ2n) is 2.91. The molecule has 14 heavy (non-hydrogen) atoms. The fraction of sp³-hybridized carbons (Fsp3) is 0.333. The van der Waals surface area contributed by atoms with Crippen LogP contribution < -0.4 is 5.32 Å². The number of aliphatic hydroxyl groups is 1. The summed E-state index contributed by atoms with van der Waals surface area (Å²) in [5.41, 5.74) is 0.463. The van der Waals surface area contributed by atoms with E-state index in [9.17, 15) is 9.50 Å². The predicted octanol–water partition coefficient (Wildman–Crippen LogP) is 1.55. The molecule has 0 radical (unpaired) electrons. The van der Waals surface area contributed by atoms with Crippen molar-refractivity contribution in [3.8, 4) is 5.75 Å². The van der Waals surface area contributed by atoms with E-state index in [1.165, 1.54) is 12.1 Å². The van der Waals surface area contributed by atoms with Gasteiger partial charge in [-0.1, -0.05) is 0 Å². The number of rotatable bonds is 3. The molecule has 1 atom stereocenters. The molecule has 0 aliphatic heterocycles. The number of aliphatic hydroxyl groups excluding tert-OH is 1. The Hall–Kier alpha value is -0.650. The second-order valence-corrected chi connectivity index (χ2v) is 3.76. The molecule has 1 aromatic carbocycles. The van der Waals surface area contributed by atoms with Gasteiger partial charge in [0.2, 0.25) is 0 Å². The minimum Gasteiger partial charge on any atom is -0.505 e. The molecule has 0 aliphatic rings. The smallest absolute Gasteiger partial charge is 0.178 e. The lowest BCUT2D eigenvalue weighted by molar-refractivity contribution is 0.177. The van der Waals surface area contributed by atoms with Crippen LogP contribution in [-0.4, -0.2) is 23.8 Å². The normalized spacial score (nSPS) is 12.9. The summed E-state index contributed by atoms with van der Waals surface area (Å²) >= 11 is 2.95. The van der Waals surface area contributed by atoms with Crippen molar-refractivity contribution in [1.82, 2.24) is 5.32 Å². The Balaban J connectivity index is 3.00. The Morgan fingerprint density at radius 1 is 1.57 bits per heavy atom. The largest absolute Gasteiger partial charge is 0.505 e. The molecule has 0 saturated heterocycles. The van der Waals surface area contributed by atoms with Gasteiger partial charge < -0.3 is 15.5 Å². The van der Waals surface area contributed by atoms with Crippen LogP contribution in [-0.2, 0) is 0 Å². The van der Waals surface area contributed by atoms with Crippen molar-refractivity contribution in [2.24, 2.45) is 0 Å².